The van der Waals surface area contributed by atoms with Crippen molar-refractivity contribution >= 4 is 11.4 Å². The summed E-state index contributed by atoms with van der Waals surface area (Å²) in [6, 6.07) is 12.3. The molecular formula is C16H15FN4. The molecule has 4 nitrogen and oxygen atoms in total. The quantitative estimate of drug-likeness (QED) is 0.848. The molecule has 21 heavy (non-hydrogen) atoms. The molecular weight excluding hydrogens is 267 g/mol. The van der Waals surface area contributed by atoms with Crippen LogP contribution in [0.5, 0.6) is 0 Å². The van der Waals surface area contributed by atoms with E-state index < -0.39 is 0 Å². The Kier molecular flexibility index (Phi) is 3.69. The molecule has 0 bridgehead atoms. The van der Waals surface area contributed by atoms with Crippen LogP contribution in [-0.4, -0.2) is 31.2 Å². The number of piperazine rings is 1. The van der Waals surface area contributed by atoms with Gasteiger partial charge in [0, 0.05) is 31.9 Å². The van der Waals surface area contributed by atoms with E-state index in [4.69, 9.17) is 5.26 Å². The lowest BCUT2D eigenvalue weighted by atomic mass is 10.2. The molecule has 1 aliphatic rings. The number of pyridine rings is 1. The largest absolute Gasteiger partial charge is 0.368 e. The summed E-state index contributed by atoms with van der Waals surface area (Å²) < 4.78 is 12.9. The maximum atomic E-state index is 12.9. The molecule has 106 valence electrons. The number of anilines is 2. The van der Waals surface area contributed by atoms with Crippen LogP contribution in [0, 0.1) is 17.1 Å². The van der Waals surface area contributed by atoms with E-state index in [9.17, 15) is 4.39 Å². The molecule has 0 atom stereocenters. The number of hydrogen-bond donors (Lipinski definition) is 0. The summed E-state index contributed by atoms with van der Waals surface area (Å²) in [5.41, 5.74) is 2.52. The van der Waals surface area contributed by atoms with Gasteiger partial charge in [-0.2, -0.15) is 5.26 Å². The van der Waals surface area contributed by atoms with Crippen LogP contribution in [0.4, 0.5) is 15.8 Å². The van der Waals surface area contributed by atoms with Gasteiger partial charge >= 0.3 is 0 Å². The minimum atomic E-state index is -0.207. The number of halogens is 1. The van der Waals surface area contributed by atoms with Crippen LogP contribution in [-0.2, 0) is 0 Å². The van der Waals surface area contributed by atoms with E-state index in [1.165, 1.54) is 12.1 Å². The first kappa shape index (κ1) is 13.4. The standard InChI is InChI=1S/C16H15FN4/c17-13-1-4-15(5-2-13)20-7-9-21(10-8-20)16-6-3-14(11-18)19-12-16/h1-6,12H,7-10H2. The van der Waals surface area contributed by atoms with Crippen LogP contribution in [0.25, 0.3) is 0 Å². The van der Waals surface area contributed by atoms with Gasteiger partial charge in [-0.1, -0.05) is 0 Å². The lowest BCUT2D eigenvalue weighted by molar-refractivity contribution is 0.624. The van der Waals surface area contributed by atoms with Crippen LogP contribution < -0.4 is 9.80 Å². The summed E-state index contributed by atoms with van der Waals surface area (Å²) in [4.78, 5) is 8.59. The Labute approximate surface area is 123 Å². The minimum absolute atomic E-state index is 0.207. The Bertz CT molecular complexity index is 637. The molecule has 2 heterocycles. The third-order valence-electron chi connectivity index (χ3n) is 3.70. The molecule has 1 fully saturated rings. The number of hydrogen-bond acceptors (Lipinski definition) is 4. The number of nitriles is 1. The van der Waals surface area contributed by atoms with Crippen molar-refractivity contribution in [3.05, 3.63) is 54.1 Å². The first-order valence-electron chi connectivity index (χ1n) is 6.88. The van der Waals surface area contributed by atoms with Gasteiger partial charge in [0.2, 0.25) is 0 Å². The predicted octanol–water partition coefficient (Wildman–Crippen LogP) is 2.42. The first-order chi connectivity index (χ1) is 10.3. The highest BCUT2D eigenvalue weighted by Gasteiger charge is 2.17. The molecule has 2 aromatic rings. The maximum absolute atomic E-state index is 12.9. The SMILES string of the molecule is N#Cc1ccc(N2CCN(c3ccc(F)cc3)CC2)cn1. The highest BCUT2D eigenvalue weighted by molar-refractivity contribution is 5.51. The summed E-state index contributed by atoms with van der Waals surface area (Å²) in [5, 5.41) is 8.76. The van der Waals surface area contributed by atoms with E-state index in [2.05, 4.69) is 14.8 Å². The Morgan fingerprint density at radius 1 is 0.905 bits per heavy atom. The maximum Gasteiger partial charge on any atom is 0.140 e. The Morgan fingerprint density at radius 2 is 1.48 bits per heavy atom. The van der Waals surface area contributed by atoms with Gasteiger partial charge in [0.1, 0.15) is 17.6 Å². The molecule has 0 radical (unpaired) electrons. The molecule has 0 N–H and O–H groups in total. The number of rotatable bonds is 2. The average molecular weight is 282 g/mol. The van der Waals surface area contributed by atoms with E-state index >= 15 is 0 Å². The molecule has 0 unspecified atom stereocenters. The first-order valence-corrected chi connectivity index (χ1v) is 6.88. The molecule has 3 rings (SSSR count). The fourth-order valence-electron chi connectivity index (χ4n) is 2.51. The Morgan fingerprint density at radius 3 is 2.00 bits per heavy atom. The van der Waals surface area contributed by atoms with E-state index in [1.807, 2.05) is 24.3 Å². The van der Waals surface area contributed by atoms with Crippen LogP contribution >= 0.6 is 0 Å². The molecule has 0 amide bonds. The van der Waals surface area contributed by atoms with Gasteiger partial charge in [0.15, 0.2) is 0 Å². The zero-order chi connectivity index (χ0) is 14.7. The third-order valence-corrected chi connectivity index (χ3v) is 3.70. The van der Waals surface area contributed by atoms with Gasteiger partial charge in [0.25, 0.3) is 0 Å². The monoisotopic (exact) mass is 282 g/mol. The van der Waals surface area contributed by atoms with Crippen molar-refractivity contribution in [2.24, 2.45) is 0 Å². The van der Waals surface area contributed by atoms with Crippen molar-refractivity contribution < 1.29 is 4.39 Å². The molecule has 0 spiro atoms. The van der Waals surface area contributed by atoms with Crippen molar-refractivity contribution in [1.29, 1.82) is 5.26 Å². The fraction of sp³-hybridized carbons (Fsp3) is 0.250. The highest BCUT2D eigenvalue weighted by Crippen LogP contribution is 2.20. The third kappa shape index (κ3) is 2.95. The van der Waals surface area contributed by atoms with Gasteiger partial charge in [0.05, 0.1) is 11.9 Å². The smallest absolute Gasteiger partial charge is 0.140 e. The fourth-order valence-corrected chi connectivity index (χ4v) is 2.51. The zero-order valence-electron chi connectivity index (χ0n) is 11.5. The summed E-state index contributed by atoms with van der Waals surface area (Å²) in [7, 11) is 0. The van der Waals surface area contributed by atoms with E-state index in [0.29, 0.717) is 5.69 Å². The van der Waals surface area contributed by atoms with Gasteiger partial charge in [-0.25, -0.2) is 9.37 Å². The topological polar surface area (TPSA) is 43.2 Å². The second-order valence-corrected chi connectivity index (χ2v) is 4.96. The van der Waals surface area contributed by atoms with Crippen LogP contribution in [0.2, 0.25) is 0 Å². The normalized spacial score (nSPS) is 14.9. The van der Waals surface area contributed by atoms with Gasteiger partial charge in [-0.05, 0) is 36.4 Å². The Hall–Kier alpha value is -2.61. The summed E-state index contributed by atoms with van der Waals surface area (Å²) in [6.07, 6.45) is 1.74. The van der Waals surface area contributed by atoms with E-state index in [1.54, 1.807) is 12.3 Å². The number of nitrogens with zero attached hydrogens (tertiary/aromatic N) is 4. The van der Waals surface area contributed by atoms with Crippen LogP contribution in [0.15, 0.2) is 42.6 Å². The molecule has 1 saturated heterocycles. The van der Waals surface area contributed by atoms with Gasteiger partial charge in [-0.3, -0.25) is 0 Å². The van der Waals surface area contributed by atoms with Crippen molar-refractivity contribution in [1.82, 2.24) is 4.98 Å². The summed E-state index contributed by atoms with van der Waals surface area (Å²) in [6.45, 7) is 3.52. The number of aromatic nitrogens is 1. The van der Waals surface area contributed by atoms with Crippen molar-refractivity contribution in [3.8, 4) is 6.07 Å². The second-order valence-electron chi connectivity index (χ2n) is 4.96. The zero-order valence-corrected chi connectivity index (χ0v) is 11.5. The lowest BCUT2D eigenvalue weighted by Crippen LogP contribution is -2.46. The van der Waals surface area contributed by atoms with Gasteiger partial charge in [-0.15, -0.1) is 0 Å². The van der Waals surface area contributed by atoms with Crippen molar-refractivity contribution in [2.45, 2.75) is 0 Å². The molecule has 1 aromatic carbocycles. The number of benzene rings is 1. The molecule has 1 aromatic heterocycles. The van der Waals surface area contributed by atoms with Gasteiger partial charge < -0.3 is 9.80 Å². The van der Waals surface area contributed by atoms with Crippen LogP contribution in [0.1, 0.15) is 5.69 Å². The van der Waals surface area contributed by atoms with Crippen molar-refractivity contribution in [2.75, 3.05) is 36.0 Å². The molecule has 1 aliphatic heterocycles. The molecule has 0 saturated carbocycles. The summed E-state index contributed by atoms with van der Waals surface area (Å²) >= 11 is 0. The average Bonchev–Trinajstić information content (AvgIpc) is 2.56. The molecule has 0 aliphatic carbocycles. The Balaban J connectivity index is 1.64. The summed E-state index contributed by atoms with van der Waals surface area (Å²) in [5.74, 6) is -0.207. The minimum Gasteiger partial charge on any atom is -0.368 e. The van der Waals surface area contributed by atoms with Crippen LogP contribution in [0.3, 0.4) is 0 Å². The predicted molar refractivity (Wildman–Crippen MR) is 79.8 cm³/mol. The van der Waals surface area contributed by atoms with E-state index in [-0.39, 0.29) is 5.82 Å². The molecule has 5 heteroatoms. The van der Waals surface area contributed by atoms with Crippen molar-refractivity contribution in [3.63, 3.8) is 0 Å². The highest BCUT2D eigenvalue weighted by atomic mass is 19.1. The lowest BCUT2D eigenvalue weighted by Gasteiger charge is -2.37. The van der Waals surface area contributed by atoms with E-state index in [0.717, 1.165) is 37.6 Å². The second kappa shape index (κ2) is 5.80.